The Morgan fingerprint density at radius 3 is 2.48 bits per heavy atom. The summed E-state index contributed by atoms with van der Waals surface area (Å²) in [5.74, 6) is 0.865. The maximum absolute atomic E-state index is 11.7. The zero-order valence-electron chi connectivity index (χ0n) is 17.2. The number of likely N-dealkylation sites (tertiary alicyclic amines) is 1. The number of hydrogen-bond donors (Lipinski definition) is 2. The van der Waals surface area contributed by atoms with Gasteiger partial charge in [0.2, 0.25) is 5.91 Å². The predicted molar refractivity (Wildman–Crippen MR) is 106 cm³/mol. The molecule has 8 nitrogen and oxygen atoms in total. The lowest BCUT2D eigenvalue weighted by Crippen LogP contribution is -2.49. The van der Waals surface area contributed by atoms with Gasteiger partial charge in [-0.25, -0.2) is 4.79 Å². The molecule has 0 spiro atoms. The van der Waals surface area contributed by atoms with Crippen LogP contribution in [0.25, 0.3) is 0 Å². The Kier molecular flexibility index (Phi) is 8.60. The minimum Gasteiger partial charge on any atom is -0.483 e. The second-order valence-corrected chi connectivity index (χ2v) is 7.56. The van der Waals surface area contributed by atoms with Crippen LogP contribution in [0.3, 0.4) is 0 Å². The molecular weight excluding hydrogens is 376 g/mol. The van der Waals surface area contributed by atoms with Crippen molar-refractivity contribution in [1.82, 2.24) is 10.2 Å². The van der Waals surface area contributed by atoms with Gasteiger partial charge in [0.15, 0.2) is 0 Å². The number of carbonyl (C=O) groups is 3. The maximum Gasteiger partial charge on any atom is 0.337 e. The lowest BCUT2D eigenvalue weighted by molar-refractivity contribution is -0.123. The summed E-state index contributed by atoms with van der Waals surface area (Å²) in [6.07, 6.45) is 2.02. The Labute approximate surface area is 171 Å². The van der Waals surface area contributed by atoms with Crippen molar-refractivity contribution in [2.45, 2.75) is 38.5 Å². The first kappa shape index (κ1) is 22.8. The number of carboxylic acid groups (broad SMARTS) is 1. The second kappa shape index (κ2) is 10.9. The van der Waals surface area contributed by atoms with Crippen LogP contribution < -0.4 is 5.32 Å². The molecule has 0 bridgehead atoms. The average molecular weight is 406 g/mol. The third kappa shape index (κ3) is 6.27. The van der Waals surface area contributed by atoms with Gasteiger partial charge < -0.3 is 19.9 Å². The average Bonchev–Trinajstić information content (AvgIpc) is 3.08. The number of benzene rings is 1. The zero-order chi connectivity index (χ0) is 21.4. The first-order valence-corrected chi connectivity index (χ1v) is 9.69. The molecule has 2 fully saturated rings. The van der Waals surface area contributed by atoms with E-state index in [2.05, 4.69) is 10.2 Å². The molecular formula is C21H30N2O6. The number of nitrogens with zero attached hydrogens (tertiary/aromatic N) is 1. The van der Waals surface area contributed by atoms with Crippen molar-refractivity contribution >= 4 is 18.3 Å². The SMILES string of the molecule is COC(=O)c1cccc(CN2C[C@H]3C[C@@H](NC(C)=O)[C@H](OC)C[C@H]3C2)c1.O=CO. The summed E-state index contributed by atoms with van der Waals surface area (Å²) in [5.41, 5.74) is 1.71. The van der Waals surface area contributed by atoms with E-state index in [0.29, 0.717) is 17.4 Å². The fourth-order valence-electron chi connectivity index (χ4n) is 4.49. The number of fused-ring (bicyclic) bond motifs is 1. The zero-order valence-corrected chi connectivity index (χ0v) is 17.2. The summed E-state index contributed by atoms with van der Waals surface area (Å²) < 4.78 is 10.4. The van der Waals surface area contributed by atoms with Crippen LogP contribution in [0.1, 0.15) is 35.7 Å². The Hall–Kier alpha value is -2.45. The highest BCUT2D eigenvalue weighted by atomic mass is 16.5. The highest BCUT2D eigenvalue weighted by Crippen LogP contribution is 2.38. The predicted octanol–water partition coefficient (Wildman–Crippen LogP) is 1.54. The molecule has 2 N–H and O–H groups in total. The Morgan fingerprint density at radius 1 is 1.24 bits per heavy atom. The molecule has 2 aliphatic rings. The van der Waals surface area contributed by atoms with Gasteiger partial charge in [0.05, 0.1) is 24.8 Å². The maximum atomic E-state index is 11.7. The number of nitrogens with one attached hydrogen (secondary N) is 1. The van der Waals surface area contributed by atoms with Gasteiger partial charge in [0.25, 0.3) is 6.47 Å². The fraction of sp³-hybridized carbons (Fsp3) is 0.571. The third-order valence-electron chi connectivity index (χ3n) is 5.64. The first-order chi connectivity index (χ1) is 13.9. The van der Waals surface area contributed by atoms with Gasteiger partial charge in [-0.3, -0.25) is 14.5 Å². The minimum atomic E-state index is -0.303. The molecule has 29 heavy (non-hydrogen) atoms. The number of amides is 1. The molecule has 0 unspecified atom stereocenters. The van der Waals surface area contributed by atoms with E-state index in [-0.39, 0.29) is 30.5 Å². The van der Waals surface area contributed by atoms with Crippen LogP contribution in [0.4, 0.5) is 0 Å². The summed E-state index contributed by atoms with van der Waals surface area (Å²) in [4.78, 5) is 34.0. The Bertz CT molecular complexity index is 710. The van der Waals surface area contributed by atoms with Gasteiger partial charge in [-0.2, -0.15) is 0 Å². The minimum absolute atomic E-state index is 0.00461. The van der Waals surface area contributed by atoms with Crippen molar-refractivity contribution in [2.75, 3.05) is 27.3 Å². The quantitative estimate of drug-likeness (QED) is 0.564. The summed E-state index contributed by atoms with van der Waals surface area (Å²) in [5, 5.41) is 9.94. The molecule has 1 saturated carbocycles. The van der Waals surface area contributed by atoms with Crippen LogP contribution >= 0.6 is 0 Å². The van der Waals surface area contributed by atoms with Crippen LogP contribution in [0, 0.1) is 11.8 Å². The Balaban J connectivity index is 0.000000941. The first-order valence-electron chi connectivity index (χ1n) is 9.69. The molecule has 3 rings (SSSR count). The Morgan fingerprint density at radius 2 is 1.90 bits per heavy atom. The van der Waals surface area contributed by atoms with Crippen molar-refractivity contribution in [3.8, 4) is 0 Å². The number of methoxy groups -OCH3 is 2. The molecule has 0 radical (unpaired) electrons. The number of hydrogen-bond acceptors (Lipinski definition) is 6. The van der Waals surface area contributed by atoms with E-state index in [1.54, 1.807) is 20.1 Å². The molecule has 1 aromatic carbocycles. The number of rotatable bonds is 5. The van der Waals surface area contributed by atoms with Crippen molar-refractivity contribution < 1.29 is 29.0 Å². The van der Waals surface area contributed by atoms with Crippen LogP contribution in [0.2, 0.25) is 0 Å². The molecule has 1 aliphatic heterocycles. The van der Waals surface area contributed by atoms with Gasteiger partial charge in [-0.05, 0) is 42.4 Å². The van der Waals surface area contributed by atoms with Crippen molar-refractivity contribution in [3.05, 3.63) is 35.4 Å². The van der Waals surface area contributed by atoms with Crippen LogP contribution in [-0.2, 0) is 25.6 Å². The molecule has 1 aromatic rings. The summed E-state index contributed by atoms with van der Waals surface area (Å²) in [7, 11) is 3.13. The van der Waals surface area contributed by atoms with E-state index in [0.717, 1.165) is 38.0 Å². The topological polar surface area (TPSA) is 105 Å². The van der Waals surface area contributed by atoms with Crippen molar-refractivity contribution in [1.29, 1.82) is 0 Å². The van der Waals surface area contributed by atoms with Gasteiger partial charge in [0, 0.05) is 33.7 Å². The van der Waals surface area contributed by atoms with E-state index in [1.165, 1.54) is 7.11 Å². The van der Waals surface area contributed by atoms with E-state index < -0.39 is 0 Å². The molecule has 1 amide bonds. The number of esters is 1. The smallest absolute Gasteiger partial charge is 0.337 e. The molecule has 8 heteroatoms. The molecule has 0 aromatic heterocycles. The standard InChI is InChI=1S/C20H28N2O4.CH2O2/c1-13(23)21-18-8-16-11-22(12-17(16)9-19(18)25-2)10-14-5-4-6-15(7-14)20(24)26-3;2-1-3/h4-7,16-19H,8-12H2,1-3H3,(H,21,23);1H,(H,2,3)/t16-,17+,18-,19-;/m1./s1. The fourth-order valence-corrected chi connectivity index (χ4v) is 4.49. The van der Waals surface area contributed by atoms with Crippen molar-refractivity contribution in [2.24, 2.45) is 11.8 Å². The molecule has 4 atom stereocenters. The van der Waals surface area contributed by atoms with Crippen LogP contribution in [-0.4, -0.2) is 67.8 Å². The lowest BCUT2D eigenvalue weighted by atomic mass is 9.77. The highest BCUT2D eigenvalue weighted by Gasteiger charge is 2.42. The second-order valence-electron chi connectivity index (χ2n) is 7.56. The molecule has 160 valence electrons. The molecule has 1 aliphatic carbocycles. The van der Waals surface area contributed by atoms with Gasteiger partial charge in [0.1, 0.15) is 0 Å². The van der Waals surface area contributed by atoms with E-state index >= 15 is 0 Å². The normalized spacial score (nSPS) is 25.9. The van der Waals surface area contributed by atoms with Gasteiger partial charge >= 0.3 is 5.97 Å². The number of carbonyl (C=O) groups excluding carboxylic acids is 2. The summed E-state index contributed by atoms with van der Waals surface area (Å²) in [6, 6.07) is 7.73. The monoisotopic (exact) mass is 406 g/mol. The van der Waals surface area contributed by atoms with E-state index in [4.69, 9.17) is 19.4 Å². The number of ether oxygens (including phenoxy) is 2. The summed E-state index contributed by atoms with van der Waals surface area (Å²) >= 11 is 0. The van der Waals surface area contributed by atoms with E-state index in [9.17, 15) is 9.59 Å². The highest BCUT2D eigenvalue weighted by molar-refractivity contribution is 5.89. The van der Waals surface area contributed by atoms with Crippen LogP contribution in [0.15, 0.2) is 24.3 Å². The van der Waals surface area contributed by atoms with Crippen LogP contribution in [0.5, 0.6) is 0 Å². The third-order valence-corrected chi connectivity index (χ3v) is 5.64. The van der Waals surface area contributed by atoms with E-state index in [1.807, 2.05) is 18.2 Å². The molecule has 1 saturated heterocycles. The largest absolute Gasteiger partial charge is 0.483 e. The lowest BCUT2D eigenvalue weighted by Gasteiger charge is -2.37. The molecule has 1 heterocycles. The van der Waals surface area contributed by atoms with Crippen molar-refractivity contribution in [3.63, 3.8) is 0 Å². The summed E-state index contributed by atoms with van der Waals surface area (Å²) in [6.45, 7) is 4.17. The van der Waals surface area contributed by atoms with Gasteiger partial charge in [-0.1, -0.05) is 12.1 Å². The van der Waals surface area contributed by atoms with Gasteiger partial charge in [-0.15, -0.1) is 0 Å².